The summed E-state index contributed by atoms with van der Waals surface area (Å²) in [5.74, 6) is 0.983. The molecule has 4 rings (SSSR count). The highest BCUT2D eigenvalue weighted by atomic mass is 35.5. The molecule has 0 unspecified atom stereocenters. The second-order valence-electron chi connectivity index (χ2n) is 7.70. The number of para-hydroxylation sites is 1. The molecule has 0 aromatic heterocycles. The molecule has 0 aliphatic carbocycles. The number of carbonyl (C=O) groups is 2. The van der Waals surface area contributed by atoms with Crippen molar-refractivity contribution < 1.29 is 19.1 Å². The number of benzene rings is 3. The van der Waals surface area contributed by atoms with Crippen molar-refractivity contribution in [1.29, 1.82) is 0 Å². The summed E-state index contributed by atoms with van der Waals surface area (Å²) in [4.78, 5) is 32.4. The van der Waals surface area contributed by atoms with E-state index in [1.807, 2.05) is 48.5 Å². The lowest BCUT2D eigenvalue weighted by Gasteiger charge is -2.17. The highest BCUT2D eigenvalue weighted by molar-refractivity contribution is 8.15. The van der Waals surface area contributed by atoms with E-state index in [0.717, 1.165) is 11.3 Å². The molecule has 1 N–H and O–H groups in total. The van der Waals surface area contributed by atoms with E-state index in [-0.39, 0.29) is 18.2 Å². The number of halogens is 1. The largest absolute Gasteiger partial charge is 0.497 e. The number of amidine groups is 1. The lowest BCUT2D eigenvalue weighted by molar-refractivity contribution is -0.128. The lowest BCUT2D eigenvalue weighted by atomic mass is 10.2. The van der Waals surface area contributed by atoms with Crippen LogP contribution >= 0.6 is 23.4 Å². The number of hydrogen-bond acceptors (Lipinski definition) is 6. The number of hydrogen-bond donors (Lipinski definition) is 1. The SMILES string of the molecule is COc1ccc(CN2C(=O)[C@H](CC(=O)Nc3ccccc3Cl)SC2=Nc2ccc(OC)cc2)cc1. The predicted octanol–water partition coefficient (Wildman–Crippen LogP) is 5.52. The van der Waals surface area contributed by atoms with Gasteiger partial charge < -0.3 is 14.8 Å². The molecule has 35 heavy (non-hydrogen) atoms. The zero-order valence-corrected chi connectivity index (χ0v) is 20.8. The number of anilines is 1. The summed E-state index contributed by atoms with van der Waals surface area (Å²) in [7, 11) is 3.20. The summed E-state index contributed by atoms with van der Waals surface area (Å²) in [6, 6.07) is 21.7. The van der Waals surface area contributed by atoms with Crippen LogP contribution in [-0.4, -0.2) is 41.4 Å². The number of carbonyl (C=O) groups excluding carboxylic acids is 2. The Bertz CT molecular complexity index is 1230. The van der Waals surface area contributed by atoms with Crippen LogP contribution in [0.5, 0.6) is 11.5 Å². The van der Waals surface area contributed by atoms with Crippen LogP contribution in [-0.2, 0) is 16.1 Å². The number of rotatable bonds is 8. The summed E-state index contributed by atoms with van der Waals surface area (Å²) in [6.07, 6.45) is -0.00450. The number of thioether (sulfide) groups is 1. The quantitative estimate of drug-likeness (QED) is 0.432. The normalized spacial score (nSPS) is 16.4. The molecule has 0 bridgehead atoms. The van der Waals surface area contributed by atoms with Gasteiger partial charge in [0.15, 0.2) is 5.17 Å². The maximum Gasteiger partial charge on any atom is 0.242 e. The Hall–Kier alpha value is -3.49. The van der Waals surface area contributed by atoms with Gasteiger partial charge in [-0.05, 0) is 54.1 Å². The zero-order chi connectivity index (χ0) is 24.8. The van der Waals surface area contributed by atoms with Gasteiger partial charge in [-0.1, -0.05) is 47.6 Å². The number of nitrogens with zero attached hydrogens (tertiary/aromatic N) is 2. The average Bonchev–Trinajstić information content (AvgIpc) is 3.15. The molecule has 0 radical (unpaired) electrons. The van der Waals surface area contributed by atoms with Crippen LogP contribution < -0.4 is 14.8 Å². The fourth-order valence-electron chi connectivity index (χ4n) is 3.48. The van der Waals surface area contributed by atoms with E-state index in [9.17, 15) is 9.59 Å². The van der Waals surface area contributed by atoms with E-state index in [1.165, 1.54) is 11.8 Å². The van der Waals surface area contributed by atoms with Crippen LogP contribution in [0.15, 0.2) is 77.8 Å². The molecule has 1 fully saturated rings. The Morgan fingerprint density at radius 1 is 1.00 bits per heavy atom. The first-order valence-electron chi connectivity index (χ1n) is 10.8. The first-order valence-corrected chi connectivity index (χ1v) is 12.1. The first kappa shape index (κ1) is 24.6. The molecule has 1 atom stereocenters. The molecule has 180 valence electrons. The summed E-state index contributed by atoms with van der Waals surface area (Å²) in [5.41, 5.74) is 2.11. The number of amides is 2. The smallest absolute Gasteiger partial charge is 0.242 e. The summed E-state index contributed by atoms with van der Waals surface area (Å²) in [5, 5.41) is 3.16. The minimum atomic E-state index is -0.604. The Kier molecular flexibility index (Phi) is 7.94. The van der Waals surface area contributed by atoms with Crippen molar-refractivity contribution in [1.82, 2.24) is 4.90 Å². The fourth-order valence-corrected chi connectivity index (χ4v) is 4.82. The minimum absolute atomic E-state index is 0.00450. The topological polar surface area (TPSA) is 80.2 Å². The van der Waals surface area contributed by atoms with Crippen molar-refractivity contribution in [3.8, 4) is 11.5 Å². The van der Waals surface area contributed by atoms with E-state index in [0.29, 0.717) is 33.9 Å². The molecule has 7 nitrogen and oxygen atoms in total. The number of methoxy groups -OCH3 is 2. The second-order valence-corrected chi connectivity index (χ2v) is 9.28. The maximum atomic E-state index is 13.4. The van der Waals surface area contributed by atoms with Crippen molar-refractivity contribution in [3.63, 3.8) is 0 Å². The second kappa shape index (κ2) is 11.3. The number of nitrogens with one attached hydrogen (secondary N) is 1. The monoisotopic (exact) mass is 509 g/mol. The molecule has 3 aromatic carbocycles. The van der Waals surface area contributed by atoms with Gasteiger partial charge in [-0.3, -0.25) is 14.5 Å². The summed E-state index contributed by atoms with van der Waals surface area (Å²) >= 11 is 7.43. The molecule has 1 saturated heterocycles. The Morgan fingerprint density at radius 2 is 1.63 bits per heavy atom. The molecule has 1 heterocycles. The maximum absolute atomic E-state index is 13.4. The lowest BCUT2D eigenvalue weighted by Crippen LogP contribution is -2.33. The van der Waals surface area contributed by atoms with Gasteiger partial charge in [0.2, 0.25) is 11.8 Å². The molecule has 2 amide bonds. The highest BCUT2D eigenvalue weighted by Gasteiger charge is 2.39. The number of aliphatic imine (C=N–C) groups is 1. The molecule has 0 spiro atoms. The van der Waals surface area contributed by atoms with E-state index in [1.54, 1.807) is 43.4 Å². The Morgan fingerprint density at radius 3 is 2.26 bits per heavy atom. The van der Waals surface area contributed by atoms with Gasteiger partial charge in [-0.15, -0.1) is 0 Å². The van der Waals surface area contributed by atoms with Gasteiger partial charge in [0.1, 0.15) is 16.7 Å². The molecule has 3 aromatic rings. The molecule has 1 aliphatic rings. The first-order chi connectivity index (χ1) is 17.0. The van der Waals surface area contributed by atoms with Crippen LogP contribution in [0.1, 0.15) is 12.0 Å². The Balaban J connectivity index is 1.55. The van der Waals surface area contributed by atoms with Gasteiger partial charge in [0, 0.05) is 6.42 Å². The third-order valence-corrected chi connectivity index (χ3v) is 6.84. The van der Waals surface area contributed by atoms with Crippen molar-refractivity contribution in [2.24, 2.45) is 4.99 Å². The molecular weight excluding hydrogens is 486 g/mol. The van der Waals surface area contributed by atoms with Crippen LogP contribution in [0.3, 0.4) is 0 Å². The van der Waals surface area contributed by atoms with Gasteiger partial charge in [0.25, 0.3) is 0 Å². The molecule has 1 aliphatic heterocycles. The van der Waals surface area contributed by atoms with E-state index in [2.05, 4.69) is 5.32 Å². The Labute approximate surface area is 213 Å². The van der Waals surface area contributed by atoms with E-state index < -0.39 is 5.25 Å². The van der Waals surface area contributed by atoms with Crippen LogP contribution in [0.2, 0.25) is 5.02 Å². The fraction of sp³-hybridized carbons (Fsp3) is 0.192. The van der Waals surface area contributed by atoms with Gasteiger partial charge in [-0.25, -0.2) is 4.99 Å². The molecule has 9 heteroatoms. The van der Waals surface area contributed by atoms with E-state index in [4.69, 9.17) is 26.1 Å². The predicted molar refractivity (Wildman–Crippen MR) is 140 cm³/mol. The van der Waals surface area contributed by atoms with Crippen molar-refractivity contribution in [3.05, 3.63) is 83.4 Å². The molecular formula is C26H24ClN3O4S. The summed E-state index contributed by atoms with van der Waals surface area (Å²) in [6.45, 7) is 0.327. The standard InChI is InChI=1S/C26H24ClN3O4S/c1-33-19-11-7-17(8-12-19)16-30-25(32)23(15-24(31)29-22-6-4-3-5-21(22)27)35-26(30)28-18-9-13-20(34-2)14-10-18/h3-14,23H,15-16H2,1-2H3,(H,29,31)/t23-/m0/s1. The zero-order valence-electron chi connectivity index (χ0n) is 19.2. The van der Waals surface area contributed by atoms with Gasteiger partial charge >= 0.3 is 0 Å². The highest BCUT2D eigenvalue weighted by Crippen LogP contribution is 2.34. The van der Waals surface area contributed by atoms with Crippen molar-refractivity contribution in [2.45, 2.75) is 18.2 Å². The molecule has 0 saturated carbocycles. The minimum Gasteiger partial charge on any atom is -0.497 e. The van der Waals surface area contributed by atoms with Gasteiger partial charge in [0.05, 0.1) is 37.2 Å². The van der Waals surface area contributed by atoms with Crippen molar-refractivity contribution >= 4 is 51.7 Å². The third kappa shape index (κ3) is 6.15. The van der Waals surface area contributed by atoms with Crippen molar-refractivity contribution in [2.75, 3.05) is 19.5 Å². The van der Waals surface area contributed by atoms with Crippen LogP contribution in [0.25, 0.3) is 0 Å². The van der Waals surface area contributed by atoms with Gasteiger partial charge in [-0.2, -0.15) is 0 Å². The van der Waals surface area contributed by atoms with Crippen LogP contribution in [0.4, 0.5) is 11.4 Å². The van der Waals surface area contributed by atoms with Crippen LogP contribution in [0, 0.1) is 0 Å². The number of ether oxygens (including phenoxy) is 2. The summed E-state index contributed by atoms with van der Waals surface area (Å²) < 4.78 is 10.4. The van der Waals surface area contributed by atoms with E-state index >= 15 is 0 Å². The average molecular weight is 510 g/mol. The third-order valence-electron chi connectivity index (χ3n) is 5.34.